The summed E-state index contributed by atoms with van der Waals surface area (Å²) in [7, 11) is 0. The van der Waals surface area contributed by atoms with Crippen molar-refractivity contribution in [2.75, 3.05) is 0 Å². The van der Waals surface area contributed by atoms with E-state index < -0.39 is 0 Å². The van der Waals surface area contributed by atoms with E-state index in [0.717, 1.165) is 5.96 Å². The number of aliphatic imine (C=N–C) groups is 1. The van der Waals surface area contributed by atoms with Crippen LogP contribution in [0.15, 0.2) is 35.3 Å². The molecule has 2 aliphatic rings. The van der Waals surface area contributed by atoms with Gasteiger partial charge in [-0.05, 0) is 25.3 Å². The third-order valence-corrected chi connectivity index (χ3v) is 4.31. The summed E-state index contributed by atoms with van der Waals surface area (Å²) >= 11 is 0. The topological polar surface area (TPSA) is 41.6 Å². The Morgan fingerprint density at radius 2 is 1.94 bits per heavy atom. The van der Waals surface area contributed by atoms with E-state index in [9.17, 15) is 0 Å². The van der Waals surface area contributed by atoms with Gasteiger partial charge in [-0.1, -0.05) is 43.2 Å². The molecule has 3 rings (SSSR count). The molecule has 1 fully saturated rings. The van der Waals surface area contributed by atoms with Crippen LogP contribution in [0, 0.1) is 0 Å². The second-order valence-corrected chi connectivity index (χ2v) is 5.40. The van der Waals surface area contributed by atoms with Crippen LogP contribution < -0.4 is 5.73 Å². The highest BCUT2D eigenvalue weighted by molar-refractivity contribution is 5.81. The number of benzene rings is 1. The quantitative estimate of drug-likeness (QED) is 0.867. The number of nitrogens with two attached hydrogens (primary N) is 1. The standard InChI is InChI=1S/C15H21N3/c1-11(12-7-3-2-4-8-12)18-14-10-6-5-9-13(14)17-15(18)16/h2-4,7-8,11,13-14H,5-6,9-10H2,1H3,(H2,16,17). The van der Waals surface area contributed by atoms with E-state index in [2.05, 4.69) is 47.1 Å². The van der Waals surface area contributed by atoms with Crippen molar-refractivity contribution in [1.29, 1.82) is 0 Å². The molecule has 0 aromatic heterocycles. The number of nitrogens with zero attached hydrogens (tertiary/aromatic N) is 2. The number of guanidine groups is 1. The Hall–Kier alpha value is -1.51. The molecule has 1 saturated carbocycles. The Bertz CT molecular complexity index is 440. The van der Waals surface area contributed by atoms with Gasteiger partial charge in [0, 0.05) is 0 Å². The van der Waals surface area contributed by atoms with E-state index in [0.29, 0.717) is 18.1 Å². The van der Waals surface area contributed by atoms with Crippen LogP contribution in [-0.4, -0.2) is 22.9 Å². The summed E-state index contributed by atoms with van der Waals surface area (Å²) in [4.78, 5) is 6.99. The maximum absolute atomic E-state index is 6.15. The maximum atomic E-state index is 6.15. The highest BCUT2D eigenvalue weighted by Gasteiger charge is 2.39. The molecular weight excluding hydrogens is 222 g/mol. The van der Waals surface area contributed by atoms with Crippen LogP contribution in [0.5, 0.6) is 0 Å². The van der Waals surface area contributed by atoms with Crippen LogP contribution in [-0.2, 0) is 0 Å². The molecule has 96 valence electrons. The summed E-state index contributed by atoms with van der Waals surface area (Å²) in [5.41, 5.74) is 7.47. The normalized spacial score (nSPS) is 28.7. The number of hydrogen-bond donors (Lipinski definition) is 1. The molecule has 1 aromatic carbocycles. The third kappa shape index (κ3) is 1.88. The second-order valence-electron chi connectivity index (χ2n) is 5.40. The fourth-order valence-electron chi connectivity index (χ4n) is 3.35. The highest BCUT2D eigenvalue weighted by Crippen LogP contribution is 2.35. The fraction of sp³-hybridized carbons (Fsp3) is 0.533. The molecule has 3 heteroatoms. The minimum Gasteiger partial charge on any atom is -0.370 e. The molecule has 2 N–H and O–H groups in total. The van der Waals surface area contributed by atoms with Gasteiger partial charge >= 0.3 is 0 Å². The summed E-state index contributed by atoms with van der Waals surface area (Å²) in [6.07, 6.45) is 5.03. The summed E-state index contributed by atoms with van der Waals surface area (Å²) in [5, 5.41) is 0. The molecule has 0 spiro atoms. The zero-order valence-electron chi connectivity index (χ0n) is 10.9. The van der Waals surface area contributed by atoms with Crippen LogP contribution in [0.25, 0.3) is 0 Å². The van der Waals surface area contributed by atoms with Crippen molar-refractivity contribution in [2.24, 2.45) is 10.7 Å². The SMILES string of the molecule is CC(c1ccccc1)N1C(N)=NC2CCCCC21. The molecule has 3 unspecified atom stereocenters. The Kier molecular flexibility index (Phi) is 2.98. The van der Waals surface area contributed by atoms with Gasteiger partial charge in [0.2, 0.25) is 0 Å². The van der Waals surface area contributed by atoms with E-state index in [1.807, 2.05) is 0 Å². The average Bonchev–Trinajstić information content (AvgIpc) is 2.75. The predicted octanol–water partition coefficient (Wildman–Crippen LogP) is 2.69. The molecule has 0 saturated heterocycles. The van der Waals surface area contributed by atoms with Crippen molar-refractivity contribution >= 4 is 5.96 Å². The van der Waals surface area contributed by atoms with Gasteiger partial charge in [0.15, 0.2) is 5.96 Å². The van der Waals surface area contributed by atoms with Gasteiger partial charge < -0.3 is 10.6 Å². The van der Waals surface area contributed by atoms with E-state index in [1.165, 1.54) is 31.2 Å². The minimum absolute atomic E-state index is 0.322. The number of fused-ring (bicyclic) bond motifs is 1. The van der Waals surface area contributed by atoms with Crippen molar-refractivity contribution in [1.82, 2.24) is 4.90 Å². The Balaban J connectivity index is 1.85. The molecule has 3 nitrogen and oxygen atoms in total. The second kappa shape index (κ2) is 4.63. The van der Waals surface area contributed by atoms with Crippen LogP contribution in [0.4, 0.5) is 0 Å². The van der Waals surface area contributed by atoms with Gasteiger partial charge in [0.05, 0.1) is 18.1 Å². The zero-order chi connectivity index (χ0) is 12.5. The van der Waals surface area contributed by atoms with E-state index >= 15 is 0 Å². The first-order valence-corrected chi connectivity index (χ1v) is 6.94. The summed E-state index contributed by atoms with van der Waals surface area (Å²) in [6, 6.07) is 11.9. The molecule has 1 aliphatic heterocycles. The first-order valence-electron chi connectivity index (χ1n) is 6.94. The molecule has 1 aromatic rings. The lowest BCUT2D eigenvalue weighted by Gasteiger charge is -2.36. The lowest BCUT2D eigenvalue weighted by atomic mass is 9.89. The minimum atomic E-state index is 0.322. The highest BCUT2D eigenvalue weighted by atomic mass is 15.4. The monoisotopic (exact) mass is 243 g/mol. The maximum Gasteiger partial charge on any atom is 0.192 e. The van der Waals surface area contributed by atoms with Crippen molar-refractivity contribution in [2.45, 2.75) is 50.7 Å². The lowest BCUT2D eigenvalue weighted by molar-refractivity contribution is 0.203. The fourth-order valence-corrected chi connectivity index (χ4v) is 3.35. The van der Waals surface area contributed by atoms with Crippen LogP contribution in [0.1, 0.15) is 44.2 Å². The molecule has 1 heterocycles. The first-order chi connectivity index (χ1) is 8.77. The van der Waals surface area contributed by atoms with Gasteiger partial charge in [-0.15, -0.1) is 0 Å². The van der Waals surface area contributed by atoms with Crippen molar-refractivity contribution < 1.29 is 0 Å². The molecule has 0 radical (unpaired) electrons. The third-order valence-electron chi connectivity index (χ3n) is 4.31. The van der Waals surface area contributed by atoms with Crippen LogP contribution in [0.2, 0.25) is 0 Å². The van der Waals surface area contributed by atoms with E-state index in [-0.39, 0.29) is 0 Å². The molecule has 3 atom stereocenters. The molecule has 0 bridgehead atoms. The summed E-state index contributed by atoms with van der Waals surface area (Å²) in [5.74, 6) is 0.739. The molecule has 18 heavy (non-hydrogen) atoms. The largest absolute Gasteiger partial charge is 0.370 e. The predicted molar refractivity (Wildman–Crippen MR) is 74.4 cm³/mol. The Labute approximate surface area is 109 Å². The van der Waals surface area contributed by atoms with E-state index in [4.69, 9.17) is 5.73 Å². The van der Waals surface area contributed by atoms with Crippen molar-refractivity contribution in [3.63, 3.8) is 0 Å². The summed E-state index contributed by atoms with van der Waals surface area (Å²) < 4.78 is 0. The average molecular weight is 243 g/mol. The van der Waals surface area contributed by atoms with Gasteiger partial charge in [0.25, 0.3) is 0 Å². The first kappa shape index (κ1) is 11.6. The van der Waals surface area contributed by atoms with E-state index in [1.54, 1.807) is 0 Å². The van der Waals surface area contributed by atoms with Gasteiger partial charge in [-0.25, -0.2) is 4.99 Å². The molecule has 0 amide bonds. The van der Waals surface area contributed by atoms with Gasteiger partial charge in [-0.2, -0.15) is 0 Å². The van der Waals surface area contributed by atoms with Crippen LogP contribution in [0.3, 0.4) is 0 Å². The van der Waals surface area contributed by atoms with Crippen molar-refractivity contribution in [3.8, 4) is 0 Å². The molecule has 1 aliphatic carbocycles. The molecular formula is C15H21N3. The number of hydrogen-bond acceptors (Lipinski definition) is 3. The summed E-state index contributed by atoms with van der Waals surface area (Å²) in [6.45, 7) is 2.23. The lowest BCUT2D eigenvalue weighted by Crippen LogP contribution is -2.45. The smallest absolute Gasteiger partial charge is 0.192 e. The van der Waals surface area contributed by atoms with Gasteiger partial charge in [-0.3, -0.25) is 0 Å². The number of rotatable bonds is 2. The van der Waals surface area contributed by atoms with Gasteiger partial charge in [0.1, 0.15) is 0 Å². The Morgan fingerprint density at radius 1 is 1.22 bits per heavy atom. The van der Waals surface area contributed by atoms with Crippen molar-refractivity contribution in [3.05, 3.63) is 35.9 Å². The Morgan fingerprint density at radius 3 is 2.72 bits per heavy atom. The zero-order valence-corrected chi connectivity index (χ0v) is 10.9. The van der Waals surface area contributed by atoms with Crippen LogP contribution >= 0.6 is 0 Å².